The van der Waals surface area contributed by atoms with Crippen molar-refractivity contribution >= 4 is 11.8 Å². The van der Waals surface area contributed by atoms with Gasteiger partial charge in [-0.15, -0.1) is 0 Å². The Morgan fingerprint density at radius 3 is 2.89 bits per heavy atom. The van der Waals surface area contributed by atoms with Crippen molar-refractivity contribution in [3.8, 4) is 0 Å². The highest BCUT2D eigenvalue weighted by Gasteiger charge is 2.30. The topological polar surface area (TPSA) is 61.4 Å². The summed E-state index contributed by atoms with van der Waals surface area (Å²) >= 11 is 0. The fourth-order valence-corrected chi connectivity index (χ4v) is 3.09. The third kappa shape index (κ3) is 3.76. The predicted octanol–water partition coefficient (Wildman–Crippen LogP) is 0.502. The Morgan fingerprint density at radius 1 is 1.42 bits per heavy atom. The van der Waals surface area contributed by atoms with Gasteiger partial charge in [-0.3, -0.25) is 14.9 Å². The van der Waals surface area contributed by atoms with Crippen LogP contribution in [0.15, 0.2) is 0 Å². The molecule has 0 bridgehead atoms. The van der Waals surface area contributed by atoms with E-state index < -0.39 is 0 Å². The number of likely N-dealkylation sites (tertiary alicyclic amines) is 1. The first kappa shape index (κ1) is 14.5. The molecule has 0 aromatic rings. The van der Waals surface area contributed by atoms with E-state index in [1.165, 1.54) is 19.4 Å². The van der Waals surface area contributed by atoms with Crippen LogP contribution >= 0.6 is 0 Å². The molecule has 0 aromatic carbocycles. The average Bonchev–Trinajstić information content (AvgIpc) is 2.42. The van der Waals surface area contributed by atoms with Crippen molar-refractivity contribution in [3.63, 3.8) is 0 Å². The van der Waals surface area contributed by atoms with Crippen molar-refractivity contribution in [2.24, 2.45) is 5.92 Å². The molecular formula is C14H25N3O2. The standard InChI is InChI=1S/C14H25N3O2/c1-3-17-8-4-5-11(9-17)10(2)15-12-6-7-13(18)16-14(12)19/h10-12,15H,3-9H2,1-2H3,(H,16,18,19). The number of amides is 2. The fraction of sp³-hybridized carbons (Fsp3) is 0.857. The van der Waals surface area contributed by atoms with Crippen molar-refractivity contribution in [1.82, 2.24) is 15.5 Å². The number of piperidine rings is 2. The molecule has 0 spiro atoms. The monoisotopic (exact) mass is 267 g/mol. The largest absolute Gasteiger partial charge is 0.303 e. The lowest BCUT2D eigenvalue weighted by molar-refractivity contribution is -0.135. The third-order valence-electron chi connectivity index (χ3n) is 4.40. The van der Waals surface area contributed by atoms with Crippen LogP contribution in [0.1, 0.15) is 39.5 Å². The smallest absolute Gasteiger partial charge is 0.243 e. The summed E-state index contributed by atoms with van der Waals surface area (Å²) in [5, 5.41) is 5.82. The van der Waals surface area contributed by atoms with Crippen LogP contribution in [0.4, 0.5) is 0 Å². The summed E-state index contributed by atoms with van der Waals surface area (Å²) in [5.74, 6) is 0.288. The Hall–Kier alpha value is -0.940. The minimum Gasteiger partial charge on any atom is -0.303 e. The zero-order valence-electron chi connectivity index (χ0n) is 11.9. The first-order valence-corrected chi connectivity index (χ1v) is 7.42. The molecule has 0 aliphatic carbocycles. The first-order valence-electron chi connectivity index (χ1n) is 7.42. The molecule has 3 unspecified atom stereocenters. The zero-order chi connectivity index (χ0) is 13.8. The first-order chi connectivity index (χ1) is 9.10. The molecule has 0 aromatic heterocycles. The van der Waals surface area contributed by atoms with Gasteiger partial charge in [0.1, 0.15) is 0 Å². The molecule has 0 radical (unpaired) electrons. The molecule has 108 valence electrons. The molecule has 5 heteroatoms. The molecule has 2 rings (SSSR count). The number of carbonyl (C=O) groups is 2. The van der Waals surface area contributed by atoms with Gasteiger partial charge < -0.3 is 10.2 Å². The second kappa shape index (κ2) is 6.48. The highest BCUT2D eigenvalue weighted by atomic mass is 16.2. The van der Waals surface area contributed by atoms with Gasteiger partial charge in [-0.25, -0.2) is 0 Å². The summed E-state index contributed by atoms with van der Waals surface area (Å²) in [6, 6.07) is 0.114. The number of nitrogens with zero attached hydrogens (tertiary/aromatic N) is 1. The minimum absolute atomic E-state index is 0.148. The van der Waals surface area contributed by atoms with Gasteiger partial charge in [0.05, 0.1) is 6.04 Å². The summed E-state index contributed by atoms with van der Waals surface area (Å²) in [6.07, 6.45) is 3.53. The molecular weight excluding hydrogens is 242 g/mol. The van der Waals surface area contributed by atoms with Crippen LogP contribution in [0.3, 0.4) is 0 Å². The fourth-order valence-electron chi connectivity index (χ4n) is 3.09. The van der Waals surface area contributed by atoms with Crippen LogP contribution in [-0.2, 0) is 9.59 Å². The van der Waals surface area contributed by atoms with Crippen molar-refractivity contribution in [2.75, 3.05) is 19.6 Å². The maximum atomic E-state index is 11.7. The molecule has 2 fully saturated rings. The lowest BCUT2D eigenvalue weighted by Crippen LogP contribution is -2.55. The molecule has 2 amide bonds. The normalized spacial score (nSPS) is 31.1. The van der Waals surface area contributed by atoms with Gasteiger partial charge in [0.2, 0.25) is 11.8 Å². The lowest BCUT2D eigenvalue weighted by Gasteiger charge is -2.37. The number of hydrogen-bond donors (Lipinski definition) is 2. The van der Waals surface area contributed by atoms with E-state index in [1.807, 2.05) is 0 Å². The molecule has 2 aliphatic rings. The van der Waals surface area contributed by atoms with E-state index in [0.717, 1.165) is 13.1 Å². The molecule has 3 atom stereocenters. The third-order valence-corrected chi connectivity index (χ3v) is 4.40. The van der Waals surface area contributed by atoms with E-state index >= 15 is 0 Å². The van der Waals surface area contributed by atoms with E-state index in [2.05, 4.69) is 29.4 Å². The SMILES string of the molecule is CCN1CCCC(C(C)NC2CCC(=O)NC2=O)C1. The van der Waals surface area contributed by atoms with Gasteiger partial charge in [-0.05, 0) is 45.2 Å². The number of carbonyl (C=O) groups excluding carboxylic acids is 2. The highest BCUT2D eigenvalue weighted by molar-refractivity contribution is 6.00. The van der Waals surface area contributed by atoms with Gasteiger partial charge in [0, 0.05) is 19.0 Å². The molecule has 5 nitrogen and oxygen atoms in total. The molecule has 2 heterocycles. The Balaban J connectivity index is 1.84. The van der Waals surface area contributed by atoms with E-state index in [0.29, 0.717) is 24.8 Å². The Labute approximate surface area is 115 Å². The van der Waals surface area contributed by atoms with Crippen molar-refractivity contribution in [2.45, 2.75) is 51.6 Å². The average molecular weight is 267 g/mol. The minimum atomic E-state index is -0.204. The van der Waals surface area contributed by atoms with Crippen LogP contribution in [0.2, 0.25) is 0 Å². The van der Waals surface area contributed by atoms with Gasteiger partial charge in [-0.2, -0.15) is 0 Å². The van der Waals surface area contributed by atoms with Gasteiger partial charge >= 0.3 is 0 Å². The van der Waals surface area contributed by atoms with E-state index in [9.17, 15) is 9.59 Å². The maximum Gasteiger partial charge on any atom is 0.243 e. The number of nitrogens with one attached hydrogen (secondary N) is 2. The lowest BCUT2D eigenvalue weighted by atomic mass is 9.90. The van der Waals surface area contributed by atoms with Crippen LogP contribution in [0, 0.1) is 5.92 Å². The van der Waals surface area contributed by atoms with E-state index in [1.54, 1.807) is 0 Å². The van der Waals surface area contributed by atoms with E-state index in [4.69, 9.17) is 0 Å². The van der Waals surface area contributed by atoms with Crippen molar-refractivity contribution < 1.29 is 9.59 Å². The summed E-state index contributed by atoms with van der Waals surface area (Å²) in [5.41, 5.74) is 0. The van der Waals surface area contributed by atoms with Crippen LogP contribution < -0.4 is 10.6 Å². The second-order valence-corrected chi connectivity index (χ2v) is 5.75. The quantitative estimate of drug-likeness (QED) is 0.728. The zero-order valence-corrected chi connectivity index (χ0v) is 11.9. The van der Waals surface area contributed by atoms with Crippen molar-refractivity contribution in [3.05, 3.63) is 0 Å². The highest BCUT2D eigenvalue weighted by Crippen LogP contribution is 2.20. The number of hydrogen-bond acceptors (Lipinski definition) is 4. The van der Waals surface area contributed by atoms with E-state index in [-0.39, 0.29) is 17.9 Å². The van der Waals surface area contributed by atoms with Gasteiger partial charge in [-0.1, -0.05) is 6.92 Å². The molecule has 2 saturated heterocycles. The second-order valence-electron chi connectivity index (χ2n) is 5.75. The van der Waals surface area contributed by atoms with Crippen molar-refractivity contribution in [1.29, 1.82) is 0 Å². The summed E-state index contributed by atoms with van der Waals surface area (Å²) in [7, 11) is 0. The Kier molecular flexibility index (Phi) is 4.93. The molecule has 2 N–H and O–H groups in total. The summed E-state index contributed by atoms with van der Waals surface area (Å²) in [6.45, 7) is 7.76. The summed E-state index contributed by atoms with van der Waals surface area (Å²) < 4.78 is 0. The maximum absolute atomic E-state index is 11.7. The van der Waals surface area contributed by atoms with Crippen LogP contribution in [0.5, 0.6) is 0 Å². The Bertz CT molecular complexity index is 346. The number of imide groups is 1. The molecule has 19 heavy (non-hydrogen) atoms. The predicted molar refractivity (Wildman–Crippen MR) is 73.6 cm³/mol. The molecule has 2 aliphatic heterocycles. The number of rotatable bonds is 4. The van der Waals surface area contributed by atoms with Crippen LogP contribution in [0.25, 0.3) is 0 Å². The van der Waals surface area contributed by atoms with Gasteiger partial charge in [0.15, 0.2) is 0 Å². The molecule has 0 saturated carbocycles. The summed E-state index contributed by atoms with van der Waals surface area (Å²) in [4.78, 5) is 25.3. The van der Waals surface area contributed by atoms with Crippen LogP contribution in [-0.4, -0.2) is 48.4 Å². The Morgan fingerprint density at radius 2 is 2.21 bits per heavy atom. The van der Waals surface area contributed by atoms with Gasteiger partial charge in [0.25, 0.3) is 0 Å².